The normalized spacial score (nSPS) is 11.2. The summed E-state index contributed by atoms with van der Waals surface area (Å²) in [4.78, 5) is 53.4. The van der Waals surface area contributed by atoms with Gasteiger partial charge in [0.05, 0.1) is 5.69 Å². The van der Waals surface area contributed by atoms with E-state index < -0.39 is 29.8 Å². The van der Waals surface area contributed by atoms with Gasteiger partial charge in [-0.15, -0.1) is 0 Å². The van der Waals surface area contributed by atoms with E-state index in [9.17, 15) is 19.2 Å². The quantitative estimate of drug-likeness (QED) is 0.329. The molecule has 9 nitrogen and oxygen atoms in total. The van der Waals surface area contributed by atoms with Crippen LogP contribution in [-0.2, 0) is 20.9 Å². The van der Waals surface area contributed by atoms with E-state index in [0.29, 0.717) is 4.47 Å². The molecule has 3 rings (SSSR count). The van der Waals surface area contributed by atoms with Crippen LogP contribution in [0.15, 0.2) is 77.4 Å². The Bertz CT molecular complexity index is 1200. The fraction of sp³-hybridized carbons (Fsp3) is 0.160. The highest BCUT2D eigenvalue weighted by atomic mass is 79.9. The molecule has 0 aliphatic rings. The van der Waals surface area contributed by atoms with Crippen LogP contribution in [0.3, 0.4) is 0 Å². The molecular formula is C25H22BrN3O6. The maximum atomic E-state index is 13.0. The molecule has 0 aliphatic heterocycles. The van der Waals surface area contributed by atoms with Gasteiger partial charge in [0, 0.05) is 22.7 Å². The molecule has 3 aromatic rings. The molecule has 35 heavy (non-hydrogen) atoms. The number of hydrogen-bond acceptors (Lipinski definition) is 6. The molecular weight excluding hydrogens is 518 g/mol. The molecule has 0 fully saturated rings. The second kappa shape index (κ2) is 12.4. The van der Waals surface area contributed by atoms with Crippen LogP contribution in [0, 0.1) is 0 Å². The van der Waals surface area contributed by atoms with Crippen LogP contribution in [0.5, 0.6) is 0 Å². The zero-order valence-electron chi connectivity index (χ0n) is 18.4. The highest BCUT2D eigenvalue weighted by Gasteiger charge is 2.25. The molecule has 10 heteroatoms. The van der Waals surface area contributed by atoms with Gasteiger partial charge in [0.1, 0.15) is 18.3 Å². The van der Waals surface area contributed by atoms with E-state index in [-0.39, 0.29) is 36.4 Å². The highest BCUT2D eigenvalue weighted by Crippen LogP contribution is 2.24. The Kier molecular flexibility index (Phi) is 9.08. The number of carboxylic acid groups (broad SMARTS) is 1. The minimum absolute atomic E-state index is 0.0185. The fourth-order valence-electron chi connectivity index (χ4n) is 3.11. The predicted molar refractivity (Wildman–Crippen MR) is 131 cm³/mol. The number of aromatic nitrogens is 1. The number of aliphatic carboxylic acids is 1. The second-order valence-corrected chi connectivity index (χ2v) is 8.33. The van der Waals surface area contributed by atoms with E-state index in [1.54, 1.807) is 54.6 Å². The van der Waals surface area contributed by atoms with Gasteiger partial charge in [0.2, 0.25) is 11.7 Å². The van der Waals surface area contributed by atoms with Crippen molar-refractivity contribution in [2.24, 2.45) is 0 Å². The molecule has 0 saturated carbocycles. The summed E-state index contributed by atoms with van der Waals surface area (Å²) < 4.78 is 5.77. The van der Waals surface area contributed by atoms with Crippen LogP contribution in [-0.4, -0.2) is 39.9 Å². The zero-order valence-corrected chi connectivity index (χ0v) is 20.0. The number of ketones is 1. The van der Waals surface area contributed by atoms with Gasteiger partial charge < -0.3 is 20.5 Å². The number of rotatable bonds is 10. The Morgan fingerprint density at radius 1 is 1.00 bits per heavy atom. The maximum absolute atomic E-state index is 13.0. The van der Waals surface area contributed by atoms with Crippen LogP contribution >= 0.6 is 15.9 Å². The summed E-state index contributed by atoms with van der Waals surface area (Å²) in [5.74, 6) is -2.24. The number of carboxylic acids is 1. The van der Waals surface area contributed by atoms with Gasteiger partial charge in [-0.3, -0.25) is 19.4 Å². The van der Waals surface area contributed by atoms with Crippen molar-refractivity contribution in [3.05, 3.63) is 94.2 Å². The van der Waals surface area contributed by atoms with Crippen molar-refractivity contribution in [2.45, 2.75) is 25.5 Å². The fourth-order valence-corrected chi connectivity index (χ4v) is 3.47. The molecule has 1 unspecified atom stereocenters. The summed E-state index contributed by atoms with van der Waals surface area (Å²) in [6.07, 6.45) is 0.0646. The number of ether oxygens (including phenoxy) is 1. The molecule has 0 aliphatic carbocycles. The number of amides is 2. The van der Waals surface area contributed by atoms with Crippen LogP contribution in [0.4, 0.5) is 10.5 Å². The van der Waals surface area contributed by atoms with E-state index in [0.717, 1.165) is 5.56 Å². The Hall–Kier alpha value is -4.05. The van der Waals surface area contributed by atoms with Crippen molar-refractivity contribution in [1.82, 2.24) is 10.3 Å². The van der Waals surface area contributed by atoms with Crippen molar-refractivity contribution in [3.63, 3.8) is 0 Å². The highest BCUT2D eigenvalue weighted by molar-refractivity contribution is 9.10. The van der Waals surface area contributed by atoms with Gasteiger partial charge in [-0.25, -0.2) is 4.79 Å². The van der Waals surface area contributed by atoms with E-state index in [2.05, 4.69) is 31.5 Å². The predicted octanol–water partition coefficient (Wildman–Crippen LogP) is 4.17. The Balaban J connectivity index is 1.75. The first-order valence-electron chi connectivity index (χ1n) is 10.6. The smallest absolute Gasteiger partial charge is 0.408 e. The third kappa shape index (κ3) is 7.75. The molecule has 0 saturated heterocycles. The average Bonchev–Trinajstić information content (AvgIpc) is 2.86. The number of pyridine rings is 1. The molecule has 1 aromatic heterocycles. The van der Waals surface area contributed by atoms with Gasteiger partial charge in [0.15, 0.2) is 0 Å². The number of alkyl carbamates (subject to hydrolysis) is 1. The summed E-state index contributed by atoms with van der Waals surface area (Å²) in [5, 5.41) is 14.1. The lowest BCUT2D eigenvalue weighted by atomic mass is 10.0. The summed E-state index contributed by atoms with van der Waals surface area (Å²) >= 11 is 3.32. The maximum Gasteiger partial charge on any atom is 0.408 e. The van der Waals surface area contributed by atoms with Crippen LogP contribution < -0.4 is 10.6 Å². The van der Waals surface area contributed by atoms with E-state index in [1.807, 2.05) is 6.07 Å². The first-order valence-corrected chi connectivity index (χ1v) is 11.4. The number of anilines is 1. The average molecular weight is 540 g/mol. The van der Waals surface area contributed by atoms with E-state index in [1.165, 1.54) is 12.3 Å². The minimum Gasteiger partial charge on any atom is -0.481 e. The number of carbonyl (C=O) groups excluding carboxylic acids is 3. The molecule has 0 radical (unpaired) electrons. The van der Waals surface area contributed by atoms with E-state index in [4.69, 9.17) is 9.84 Å². The molecule has 3 N–H and O–H groups in total. The lowest BCUT2D eigenvalue weighted by Gasteiger charge is -2.19. The number of halogens is 1. The monoisotopic (exact) mass is 539 g/mol. The number of benzene rings is 2. The largest absolute Gasteiger partial charge is 0.481 e. The van der Waals surface area contributed by atoms with Crippen LogP contribution in [0.2, 0.25) is 0 Å². The van der Waals surface area contributed by atoms with Gasteiger partial charge in [0.25, 0.3) is 0 Å². The van der Waals surface area contributed by atoms with Crippen molar-refractivity contribution >= 4 is 45.4 Å². The summed E-state index contributed by atoms with van der Waals surface area (Å²) in [6, 6.07) is 17.4. The van der Waals surface area contributed by atoms with Crippen molar-refractivity contribution in [2.75, 3.05) is 5.32 Å². The molecule has 2 amide bonds. The number of nitrogens with one attached hydrogen (secondary N) is 2. The summed E-state index contributed by atoms with van der Waals surface area (Å²) in [7, 11) is 0. The van der Waals surface area contributed by atoms with Crippen LogP contribution in [0.1, 0.15) is 34.5 Å². The van der Waals surface area contributed by atoms with Crippen LogP contribution in [0.25, 0.3) is 0 Å². The Labute approximate surface area is 209 Å². The molecule has 180 valence electrons. The standard InChI is InChI=1S/C25H22BrN3O6/c26-17-9-10-19(18(14-17)23(32)20-8-4-5-13-27-20)28-24(33)21(11-12-22(30)31)29-25(34)35-15-16-6-2-1-3-7-16/h1-10,13-14,21H,11-12,15H2,(H,28,33)(H,29,34)(H,30,31). The first-order chi connectivity index (χ1) is 16.8. The summed E-state index contributed by atoms with van der Waals surface area (Å²) in [6.45, 7) is -0.0185. The van der Waals surface area contributed by atoms with Crippen molar-refractivity contribution < 1.29 is 29.0 Å². The molecule has 1 atom stereocenters. The number of nitrogens with zero attached hydrogens (tertiary/aromatic N) is 1. The second-order valence-electron chi connectivity index (χ2n) is 7.41. The summed E-state index contributed by atoms with van der Waals surface area (Å²) in [5.41, 5.74) is 1.30. The topological polar surface area (TPSA) is 135 Å². The van der Waals surface area contributed by atoms with E-state index >= 15 is 0 Å². The first kappa shape index (κ1) is 25.6. The van der Waals surface area contributed by atoms with Crippen molar-refractivity contribution in [1.29, 1.82) is 0 Å². The molecule has 1 heterocycles. The zero-order chi connectivity index (χ0) is 25.2. The molecule has 2 aromatic carbocycles. The van der Waals surface area contributed by atoms with Gasteiger partial charge >= 0.3 is 12.1 Å². The Morgan fingerprint density at radius 3 is 2.43 bits per heavy atom. The molecule has 0 spiro atoms. The minimum atomic E-state index is -1.21. The molecule has 0 bridgehead atoms. The third-order valence-corrected chi connectivity index (χ3v) is 5.34. The lowest BCUT2D eigenvalue weighted by Crippen LogP contribution is -2.44. The Morgan fingerprint density at radius 2 is 1.74 bits per heavy atom. The van der Waals surface area contributed by atoms with Gasteiger partial charge in [-0.2, -0.15) is 0 Å². The third-order valence-electron chi connectivity index (χ3n) is 4.85. The lowest BCUT2D eigenvalue weighted by molar-refractivity contribution is -0.137. The van der Waals surface area contributed by atoms with Gasteiger partial charge in [-0.1, -0.05) is 52.3 Å². The van der Waals surface area contributed by atoms with Crippen molar-refractivity contribution in [3.8, 4) is 0 Å². The number of carbonyl (C=O) groups is 4. The number of hydrogen-bond donors (Lipinski definition) is 3. The SMILES string of the molecule is O=C(O)CCC(NC(=O)OCc1ccccc1)C(=O)Nc1ccc(Br)cc1C(=O)c1ccccn1. The van der Waals surface area contributed by atoms with Gasteiger partial charge in [-0.05, 0) is 42.3 Å².